The second-order valence-corrected chi connectivity index (χ2v) is 5.31. The third-order valence-electron chi connectivity index (χ3n) is 2.55. The van der Waals surface area contributed by atoms with E-state index in [2.05, 4.69) is 4.98 Å². The Bertz CT molecular complexity index is 658. The molecule has 0 unspecified atom stereocenters. The van der Waals surface area contributed by atoms with E-state index < -0.39 is 11.4 Å². The van der Waals surface area contributed by atoms with E-state index in [-0.39, 0.29) is 5.56 Å². The fourth-order valence-electron chi connectivity index (χ4n) is 1.62. The Balaban J connectivity index is 2.41. The number of carboxylic acid groups (broad SMARTS) is 1. The Labute approximate surface area is 107 Å². The van der Waals surface area contributed by atoms with Crippen LogP contribution in [-0.4, -0.2) is 20.6 Å². The first kappa shape index (κ1) is 12.5. The fourth-order valence-corrected chi connectivity index (χ4v) is 2.41. The number of hydrogen-bond donors (Lipinski definition) is 1. The molecule has 6 heteroatoms. The van der Waals surface area contributed by atoms with Crippen molar-refractivity contribution in [2.45, 2.75) is 20.4 Å². The van der Waals surface area contributed by atoms with Crippen LogP contribution in [0.15, 0.2) is 23.3 Å². The first-order valence-corrected chi connectivity index (χ1v) is 6.14. The highest BCUT2D eigenvalue weighted by Gasteiger charge is 2.11. The number of aromatic carboxylic acids is 1. The smallest absolute Gasteiger partial charge is 0.341 e. The minimum absolute atomic E-state index is 0.214. The zero-order chi connectivity index (χ0) is 13.3. The van der Waals surface area contributed by atoms with E-state index in [0.29, 0.717) is 6.54 Å². The summed E-state index contributed by atoms with van der Waals surface area (Å²) in [5, 5.41) is 9.81. The second kappa shape index (κ2) is 4.73. The normalized spacial score (nSPS) is 10.6. The molecule has 1 N–H and O–H groups in total. The van der Waals surface area contributed by atoms with E-state index in [1.807, 2.05) is 6.92 Å². The van der Waals surface area contributed by atoms with E-state index in [9.17, 15) is 9.59 Å². The molecular formula is C12H12N2O3S. The van der Waals surface area contributed by atoms with Crippen LogP contribution in [0.1, 0.15) is 25.9 Å². The molecule has 0 atom stereocenters. The predicted octanol–water partition coefficient (Wildman–Crippen LogP) is 1.67. The summed E-state index contributed by atoms with van der Waals surface area (Å²) < 4.78 is 1.73. The lowest BCUT2D eigenvalue weighted by molar-refractivity contribution is 0.0694. The molecule has 2 aromatic rings. The maximum absolute atomic E-state index is 11.5. The van der Waals surface area contributed by atoms with Gasteiger partial charge in [-0.3, -0.25) is 4.79 Å². The van der Waals surface area contributed by atoms with Crippen LogP contribution in [0.4, 0.5) is 0 Å². The number of thiazole rings is 1. The number of pyridine rings is 1. The lowest BCUT2D eigenvalue weighted by Gasteiger charge is -2.09. The largest absolute Gasteiger partial charge is 0.477 e. The first-order chi connectivity index (χ1) is 8.47. The average molecular weight is 264 g/mol. The zero-order valence-corrected chi connectivity index (χ0v) is 10.8. The van der Waals surface area contributed by atoms with Gasteiger partial charge in [0.25, 0.3) is 0 Å². The number of nitrogens with zero attached hydrogens (tertiary/aromatic N) is 2. The van der Waals surface area contributed by atoms with Crippen molar-refractivity contribution >= 4 is 17.3 Å². The van der Waals surface area contributed by atoms with Gasteiger partial charge in [0.2, 0.25) is 0 Å². The third-order valence-corrected chi connectivity index (χ3v) is 3.45. The van der Waals surface area contributed by atoms with Gasteiger partial charge in [-0.2, -0.15) is 0 Å². The Morgan fingerprint density at radius 3 is 2.78 bits per heavy atom. The fraction of sp³-hybridized carbons (Fsp3) is 0.250. The number of aromatic nitrogens is 2. The van der Waals surface area contributed by atoms with Crippen molar-refractivity contribution in [2.24, 2.45) is 0 Å². The van der Waals surface area contributed by atoms with Crippen LogP contribution in [0, 0.1) is 13.8 Å². The Hall–Kier alpha value is -1.95. The molecule has 0 saturated heterocycles. The van der Waals surface area contributed by atoms with E-state index in [0.717, 1.165) is 15.6 Å². The molecule has 0 aromatic carbocycles. The van der Waals surface area contributed by atoms with Crippen LogP contribution < -0.4 is 5.43 Å². The van der Waals surface area contributed by atoms with E-state index in [1.54, 1.807) is 29.0 Å². The van der Waals surface area contributed by atoms with Crippen LogP contribution in [0.3, 0.4) is 0 Å². The SMILES string of the molecule is Cc1cnc(Cn2cc(C(=O)O)c(=O)cc2C)s1. The highest BCUT2D eigenvalue weighted by atomic mass is 32.1. The summed E-state index contributed by atoms with van der Waals surface area (Å²) in [6.07, 6.45) is 3.15. The maximum atomic E-state index is 11.5. The summed E-state index contributed by atoms with van der Waals surface area (Å²) in [5.41, 5.74) is 0.0401. The topological polar surface area (TPSA) is 72.2 Å². The van der Waals surface area contributed by atoms with Gasteiger partial charge >= 0.3 is 5.97 Å². The Morgan fingerprint density at radius 2 is 2.22 bits per heavy atom. The van der Waals surface area contributed by atoms with Gasteiger partial charge < -0.3 is 9.67 Å². The van der Waals surface area contributed by atoms with Gasteiger partial charge in [0, 0.05) is 29.0 Å². The zero-order valence-electron chi connectivity index (χ0n) is 10.0. The highest BCUT2D eigenvalue weighted by molar-refractivity contribution is 7.11. The maximum Gasteiger partial charge on any atom is 0.341 e. The van der Waals surface area contributed by atoms with Gasteiger partial charge in [0.05, 0.1) is 6.54 Å². The molecule has 18 heavy (non-hydrogen) atoms. The van der Waals surface area contributed by atoms with Crippen molar-refractivity contribution < 1.29 is 9.90 Å². The molecule has 5 nitrogen and oxygen atoms in total. The second-order valence-electron chi connectivity index (χ2n) is 3.99. The van der Waals surface area contributed by atoms with Crippen molar-refractivity contribution in [3.05, 3.63) is 49.8 Å². The van der Waals surface area contributed by atoms with Crippen molar-refractivity contribution in [2.75, 3.05) is 0 Å². The van der Waals surface area contributed by atoms with Crippen molar-refractivity contribution in [1.29, 1.82) is 0 Å². The molecule has 0 aliphatic rings. The monoisotopic (exact) mass is 264 g/mol. The average Bonchev–Trinajstić information content (AvgIpc) is 2.67. The van der Waals surface area contributed by atoms with Crippen LogP contribution in [-0.2, 0) is 6.54 Å². The van der Waals surface area contributed by atoms with Crippen LogP contribution in [0.2, 0.25) is 0 Å². The molecule has 2 aromatic heterocycles. The van der Waals surface area contributed by atoms with Gasteiger partial charge in [-0.05, 0) is 13.8 Å². The Morgan fingerprint density at radius 1 is 1.50 bits per heavy atom. The van der Waals surface area contributed by atoms with Gasteiger partial charge in [0.15, 0.2) is 5.43 Å². The molecule has 0 amide bonds. The summed E-state index contributed by atoms with van der Waals surface area (Å²) in [6.45, 7) is 4.21. The summed E-state index contributed by atoms with van der Waals surface area (Å²) in [7, 11) is 0. The number of carbonyl (C=O) groups is 1. The molecule has 94 valence electrons. The highest BCUT2D eigenvalue weighted by Crippen LogP contribution is 2.13. The van der Waals surface area contributed by atoms with Crippen LogP contribution >= 0.6 is 11.3 Å². The Kier molecular flexibility index (Phi) is 3.29. The number of carboxylic acids is 1. The minimum atomic E-state index is -1.20. The number of hydrogen-bond acceptors (Lipinski definition) is 4. The summed E-state index contributed by atoms with van der Waals surface area (Å²) >= 11 is 1.55. The molecule has 2 rings (SSSR count). The van der Waals surface area contributed by atoms with E-state index >= 15 is 0 Å². The summed E-state index contributed by atoms with van der Waals surface area (Å²) in [4.78, 5) is 27.7. The number of aryl methyl sites for hydroxylation is 2. The van der Waals surface area contributed by atoms with Crippen LogP contribution in [0.25, 0.3) is 0 Å². The first-order valence-electron chi connectivity index (χ1n) is 5.33. The predicted molar refractivity (Wildman–Crippen MR) is 68.4 cm³/mol. The van der Waals surface area contributed by atoms with Crippen molar-refractivity contribution in [3.63, 3.8) is 0 Å². The molecule has 0 radical (unpaired) electrons. The molecule has 0 bridgehead atoms. The van der Waals surface area contributed by atoms with Crippen molar-refractivity contribution in [3.8, 4) is 0 Å². The summed E-state index contributed by atoms with van der Waals surface area (Å²) in [5.74, 6) is -1.20. The standard InChI is InChI=1S/C12H12N2O3S/c1-7-3-10(15)9(12(16)17)5-14(7)6-11-13-4-8(2)18-11/h3-5H,6H2,1-2H3,(H,16,17). The quantitative estimate of drug-likeness (QED) is 0.915. The van der Waals surface area contributed by atoms with Gasteiger partial charge in [-0.1, -0.05) is 0 Å². The lowest BCUT2D eigenvalue weighted by Crippen LogP contribution is -2.19. The molecular weight excluding hydrogens is 252 g/mol. The molecule has 0 aliphatic heterocycles. The molecule has 0 aliphatic carbocycles. The minimum Gasteiger partial charge on any atom is -0.477 e. The summed E-state index contributed by atoms with van der Waals surface area (Å²) in [6, 6.07) is 1.34. The molecule has 0 fully saturated rings. The van der Waals surface area contributed by atoms with Gasteiger partial charge in [0.1, 0.15) is 10.6 Å². The van der Waals surface area contributed by atoms with Crippen molar-refractivity contribution in [1.82, 2.24) is 9.55 Å². The molecule has 0 saturated carbocycles. The van der Waals surface area contributed by atoms with E-state index in [1.165, 1.54) is 12.3 Å². The molecule has 0 spiro atoms. The molecule has 2 heterocycles. The van der Waals surface area contributed by atoms with E-state index in [4.69, 9.17) is 5.11 Å². The third kappa shape index (κ3) is 2.48. The van der Waals surface area contributed by atoms with Gasteiger partial charge in [-0.15, -0.1) is 11.3 Å². The number of rotatable bonds is 3. The van der Waals surface area contributed by atoms with Crippen LogP contribution in [0.5, 0.6) is 0 Å². The lowest BCUT2D eigenvalue weighted by atomic mass is 10.2. The van der Waals surface area contributed by atoms with Gasteiger partial charge in [-0.25, -0.2) is 9.78 Å².